The van der Waals surface area contributed by atoms with Gasteiger partial charge in [-0.2, -0.15) is 0 Å². The third kappa shape index (κ3) is 2.64. The van der Waals surface area contributed by atoms with E-state index in [0.717, 1.165) is 11.0 Å². The average Bonchev–Trinajstić information content (AvgIpc) is 2.89. The van der Waals surface area contributed by atoms with E-state index in [-0.39, 0.29) is 17.2 Å². The van der Waals surface area contributed by atoms with Crippen molar-refractivity contribution in [2.24, 2.45) is 10.2 Å². The standard InChI is InChI=1S/C15H12N4O2/c1-9(20)10-6-7-14(21)13(8-10)18-19-15-16-11-4-2-3-5-12(11)17-15/h2-8,21H,1H3,(H,16,17). The van der Waals surface area contributed by atoms with Crippen molar-refractivity contribution in [3.05, 3.63) is 48.0 Å². The summed E-state index contributed by atoms with van der Waals surface area (Å²) in [5, 5.41) is 17.6. The Balaban J connectivity index is 1.95. The summed E-state index contributed by atoms with van der Waals surface area (Å²) in [5.74, 6) is 0.193. The van der Waals surface area contributed by atoms with Crippen LogP contribution in [0.3, 0.4) is 0 Å². The molecule has 0 spiro atoms. The van der Waals surface area contributed by atoms with Gasteiger partial charge >= 0.3 is 0 Å². The Hall–Kier alpha value is -3.02. The number of phenolic OH excluding ortho intramolecular Hbond substituents is 1. The first-order valence-corrected chi connectivity index (χ1v) is 6.34. The van der Waals surface area contributed by atoms with Gasteiger partial charge < -0.3 is 10.1 Å². The maximum Gasteiger partial charge on any atom is 0.247 e. The maximum atomic E-state index is 11.3. The highest BCUT2D eigenvalue weighted by Gasteiger charge is 2.06. The number of para-hydroxylation sites is 2. The number of hydrogen-bond donors (Lipinski definition) is 2. The van der Waals surface area contributed by atoms with Gasteiger partial charge in [0.05, 0.1) is 11.0 Å². The molecule has 0 unspecified atom stereocenters. The fraction of sp³-hybridized carbons (Fsp3) is 0.0667. The number of nitrogens with zero attached hydrogens (tertiary/aromatic N) is 3. The number of rotatable bonds is 3. The van der Waals surface area contributed by atoms with Gasteiger partial charge in [0.15, 0.2) is 5.78 Å². The fourth-order valence-corrected chi connectivity index (χ4v) is 1.91. The highest BCUT2D eigenvalue weighted by Crippen LogP contribution is 2.29. The summed E-state index contributed by atoms with van der Waals surface area (Å²) in [6, 6.07) is 12.0. The molecule has 0 saturated carbocycles. The Morgan fingerprint density at radius 1 is 1.19 bits per heavy atom. The minimum Gasteiger partial charge on any atom is -0.506 e. The molecule has 0 amide bonds. The van der Waals surface area contributed by atoms with Crippen LogP contribution in [-0.4, -0.2) is 20.9 Å². The van der Waals surface area contributed by atoms with Gasteiger partial charge in [0.2, 0.25) is 5.95 Å². The summed E-state index contributed by atoms with van der Waals surface area (Å²) in [5.41, 5.74) is 2.33. The van der Waals surface area contributed by atoms with Crippen LogP contribution in [-0.2, 0) is 0 Å². The number of nitrogens with one attached hydrogen (secondary N) is 1. The highest BCUT2D eigenvalue weighted by molar-refractivity contribution is 5.95. The number of hydrogen-bond acceptors (Lipinski definition) is 5. The number of imidazole rings is 1. The number of phenols is 1. The highest BCUT2D eigenvalue weighted by atomic mass is 16.3. The van der Waals surface area contributed by atoms with Crippen LogP contribution < -0.4 is 0 Å². The van der Waals surface area contributed by atoms with Gasteiger partial charge in [-0.1, -0.05) is 12.1 Å². The second-order valence-corrected chi connectivity index (χ2v) is 4.54. The first-order chi connectivity index (χ1) is 10.1. The van der Waals surface area contributed by atoms with Crippen LogP contribution in [0.5, 0.6) is 5.75 Å². The number of aromatic nitrogens is 2. The van der Waals surface area contributed by atoms with E-state index in [1.807, 2.05) is 24.3 Å². The molecule has 3 rings (SSSR count). The zero-order valence-corrected chi connectivity index (χ0v) is 11.2. The lowest BCUT2D eigenvalue weighted by Crippen LogP contribution is -1.90. The summed E-state index contributed by atoms with van der Waals surface area (Å²) in [7, 11) is 0. The van der Waals surface area contributed by atoms with Crippen LogP contribution in [0.2, 0.25) is 0 Å². The van der Waals surface area contributed by atoms with Gasteiger partial charge in [-0.25, -0.2) is 4.98 Å². The Kier molecular flexibility index (Phi) is 3.19. The van der Waals surface area contributed by atoms with Crippen molar-refractivity contribution in [3.8, 4) is 5.75 Å². The summed E-state index contributed by atoms with van der Waals surface area (Å²) in [6.07, 6.45) is 0. The number of azo groups is 1. The van der Waals surface area contributed by atoms with E-state index < -0.39 is 0 Å². The second kappa shape index (κ2) is 5.16. The number of aromatic hydroxyl groups is 1. The zero-order chi connectivity index (χ0) is 14.8. The van der Waals surface area contributed by atoms with Gasteiger partial charge in [-0.05, 0) is 37.3 Å². The molecule has 0 bridgehead atoms. The molecule has 0 fully saturated rings. The number of Topliss-reactive ketones (excluding diaryl/α,β-unsaturated/α-hetero) is 1. The minimum absolute atomic E-state index is 0.0418. The largest absolute Gasteiger partial charge is 0.506 e. The van der Waals surface area contributed by atoms with Crippen LogP contribution in [0.15, 0.2) is 52.7 Å². The van der Waals surface area contributed by atoms with E-state index >= 15 is 0 Å². The van der Waals surface area contributed by atoms with E-state index in [9.17, 15) is 9.90 Å². The number of ketones is 1. The van der Waals surface area contributed by atoms with Crippen molar-refractivity contribution < 1.29 is 9.90 Å². The summed E-state index contributed by atoms with van der Waals surface area (Å²) in [4.78, 5) is 18.6. The Bertz CT molecular complexity index is 819. The fourth-order valence-electron chi connectivity index (χ4n) is 1.91. The van der Waals surface area contributed by atoms with E-state index in [2.05, 4.69) is 20.2 Å². The molecule has 2 aromatic carbocycles. The van der Waals surface area contributed by atoms with Crippen LogP contribution in [0, 0.1) is 0 Å². The Labute approximate surface area is 120 Å². The molecule has 0 atom stereocenters. The predicted molar refractivity (Wildman–Crippen MR) is 78.4 cm³/mol. The van der Waals surface area contributed by atoms with Crippen LogP contribution in [0.1, 0.15) is 17.3 Å². The third-order valence-electron chi connectivity index (χ3n) is 3.01. The molecule has 0 aliphatic heterocycles. The quantitative estimate of drug-likeness (QED) is 0.563. The van der Waals surface area contributed by atoms with Crippen molar-refractivity contribution in [3.63, 3.8) is 0 Å². The lowest BCUT2D eigenvalue weighted by Gasteiger charge is -1.99. The van der Waals surface area contributed by atoms with Crippen molar-refractivity contribution in [1.29, 1.82) is 0 Å². The van der Waals surface area contributed by atoms with Crippen molar-refractivity contribution in [2.75, 3.05) is 0 Å². The second-order valence-electron chi connectivity index (χ2n) is 4.54. The molecule has 104 valence electrons. The van der Waals surface area contributed by atoms with Crippen molar-refractivity contribution in [2.45, 2.75) is 6.92 Å². The number of fused-ring (bicyclic) bond motifs is 1. The molecular weight excluding hydrogens is 268 g/mol. The number of benzene rings is 2. The Morgan fingerprint density at radius 2 is 2.00 bits per heavy atom. The molecule has 3 aromatic rings. The zero-order valence-electron chi connectivity index (χ0n) is 11.2. The van der Waals surface area contributed by atoms with Gasteiger partial charge in [0.1, 0.15) is 11.4 Å². The van der Waals surface area contributed by atoms with Crippen molar-refractivity contribution in [1.82, 2.24) is 9.97 Å². The molecule has 21 heavy (non-hydrogen) atoms. The molecule has 0 aliphatic rings. The van der Waals surface area contributed by atoms with Gasteiger partial charge in [-0.3, -0.25) is 4.79 Å². The van der Waals surface area contributed by atoms with Gasteiger partial charge in [0.25, 0.3) is 0 Å². The van der Waals surface area contributed by atoms with Crippen molar-refractivity contribution >= 4 is 28.5 Å². The third-order valence-corrected chi connectivity index (χ3v) is 3.01. The molecule has 0 aliphatic carbocycles. The van der Waals surface area contributed by atoms with Crippen LogP contribution in [0.25, 0.3) is 11.0 Å². The minimum atomic E-state index is -0.102. The molecule has 6 heteroatoms. The van der Waals surface area contributed by atoms with Gasteiger partial charge in [0, 0.05) is 5.56 Å². The first-order valence-electron chi connectivity index (χ1n) is 6.34. The summed E-state index contributed by atoms with van der Waals surface area (Å²) >= 11 is 0. The molecule has 1 heterocycles. The van der Waals surface area contributed by atoms with E-state index in [1.165, 1.54) is 25.1 Å². The average molecular weight is 280 g/mol. The predicted octanol–water partition coefficient (Wildman–Crippen LogP) is 3.89. The molecule has 1 aromatic heterocycles. The number of carbonyl (C=O) groups is 1. The van der Waals surface area contributed by atoms with E-state index in [4.69, 9.17) is 0 Å². The number of carbonyl (C=O) groups excluding carboxylic acids is 1. The van der Waals surface area contributed by atoms with Crippen LogP contribution >= 0.6 is 0 Å². The summed E-state index contributed by atoms with van der Waals surface area (Å²) in [6.45, 7) is 1.45. The smallest absolute Gasteiger partial charge is 0.247 e. The molecule has 0 radical (unpaired) electrons. The topological polar surface area (TPSA) is 90.7 Å². The monoisotopic (exact) mass is 280 g/mol. The first kappa shape index (κ1) is 13.0. The van der Waals surface area contributed by atoms with E-state index in [1.54, 1.807) is 0 Å². The number of H-pyrrole nitrogens is 1. The Morgan fingerprint density at radius 3 is 2.76 bits per heavy atom. The molecule has 2 N–H and O–H groups in total. The lowest BCUT2D eigenvalue weighted by atomic mass is 10.1. The SMILES string of the molecule is CC(=O)c1ccc(O)c(N=Nc2nc3ccccc3[nH]2)c1. The van der Waals surface area contributed by atoms with Crippen LogP contribution in [0.4, 0.5) is 11.6 Å². The van der Waals surface area contributed by atoms with E-state index in [0.29, 0.717) is 11.5 Å². The number of aromatic amines is 1. The molecular formula is C15H12N4O2. The summed E-state index contributed by atoms with van der Waals surface area (Å²) < 4.78 is 0. The molecule has 6 nitrogen and oxygen atoms in total. The normalized spacial score (nSPS) is 11.3. The maximum absolute atomic E-state index is 11.3. The van der Waals surface area contributed by atoms with Gasteiger partial charge in [-0.15, -0.1) is 10.2 Å². The molecule has 0 saturated heterocycles. The lowest BCUT2D eigenvalue weighted by molar-refractivity contribution is 0.101.